The van der Waals surface area contributed by atoms with Gasteiger partial charge >= 0.3 is 0 Å². The van der Waals surface area contributed by atoms with Gasteiger partial charge in [0.15, 0.2) is 0 Å². The van der Waals surface area contributed by atoms with Gasteiger partial charge in [-0.1, -0.05) is 31.4 Å². The summed E-state index contributed by atoms with van der Waals surface area (Å²) in [5.74, 6) is 0.878. The van der Waals surface area contributed by atoms with E-state index in [1.807, 2.05) is 24.4 Å². The quantitative estimate of drug-likeness (QED) is 0.731. The average Bonchev–Trinajstić information content (AvgIpc) is 2.29. The van der Waals surface area contributed by atoms with Gasteiger partial charge in [-0.15, -0.1) is 0 Å². The molecule has 0 radical (unpaired) electrons. The maximum Gasteiger partial charge on any atom is 0.141 e. The van der Waals surface area contributed by atoms with E-state index in [9.17, 15) is 5.11 Å². The van der Waals surface area contributed by atoms with Crippen LogP contribution in [0.2, 0.25) is 0 Å². The van der Waals surface area contributed by atoms with Gasteiger partial charge in [0.1, 0.15) is 11.4 Å². The van der Waals surface area contributed by atoms with Gasteiger partial charge < -0.3 is 5.11 Å². The van der Waals surface area contributed by atoms with Crippen molar-refractivity contribution in [3.8, 4) is 5.75 Å². The van der Waals surface area contributed by atoms with Crippen LogP contribution >= 0.6 is 0 Å². The van der Waals surface area contributed by atoms with Crippen molar-refractivity contribution in [2.75, 3.05) is 0 Å². The molecule has 0 bridgehead atoms. The van der Waals surface area contributed by atoms with Crippen LogP contribution in [0.1, 0.15) is 32.1 Å². The lowest BCUT2D eigenvalue weighted by atomic mass is 9.90. The highest BCUT2D eigenvalue weighted by molar-refractivity contribution is 5.68. The molecule has 2 nitrogen and oxygen atoms in total. The van der Waals surface area contributed by atoms with Crippen LogP contribution in [0.4, 0.5) is 5.69 Å². The first-order valence-electron chi connectivity index (χ1n) is 5.68. The van der Waals surface area contributed by atoms with E-state index in [0.717, 1.165) is 0 Å². The van der Waals surface area contributed by atoms with Crippen LogP contribution in [-0.2, 0) is 0 Å². The number of hydrogen-bond acceptors (Lipinski definition) is 2. The van der Waals surface area contributed by atoms with Gasteiger partial charge in [-0.25, -0.2) is 0 Å². The molecule has 2 rings (SSSR count). The van der Waals surface area contributed by atoms with E-state index >= 15 is 0 Å². The number of benzene rings is 1. The summed E-state index contributed by atoms with van der Waals surface area (Å²) >= 11 is 0. The number of rotatable bonds is 2. The zero-order valence-electron chi connectivity index (χ0n) is 8.89. The van der Waals surface area contributed by atoms with Crippen LogP contribution in [-0.4, -0.2) is 11.3 Å². The molecule has 1 saturated carbocycles. The molecule has 1 aliphatic rings. The van der Waals surface area contributed by atoms with Crippen molar-refractivity contribution in [1.29, 1.82) is 0 Å². The summed E-state index contributed by atoms with van der Waals surface area (Å²) < 4.78 is 0. The predicted octanol–water partition coefficient (Wildman–Crippen LogP) is 3.67. The predicted molar refractivity (Wildman–Crippen MR) is 62.8 cm³/mol. The zero-order chi connectivity index (χ0) is 10.5. The van der Waals surface area contributed by atoms with Crippen LogP contribution in [0.3, 0.4) is 0 Å². The number of nitrogens with zero attached hydrogens (tertiary/aromatic N) is 1. The maximum atomic E-state index is 9.53. The van der Waals surface area contributed by atoms with Crippen LogP contribution in [0.25, 0.3) is 0 Å². The van der Waals surface area contributed by atoms with Crippen LogP contribution in [0.15, 0.2) is 29.3 Å². The Kier molecular flexibility index (Phi) is 3.38. The minimum absolute atomic E-state index is 0.268. The number of hydrogen-bond donors (Lipinski definition) is 1. The Morgan fingerprint density at radius 3 is 2.60 bits per heavy atom. The molecule has 80 valence electrons. The van der Waals surface area contributed by atoms with Gasteiger partial charge in [-0.05, 0) is 30.9 Å². The molecule has 15 heavy (non-hydrogen) atoms. The van der Waals surface area contributed by atoms with E-state index in [1.165, 1.54) is 32.1 Å². The fourth-order valence-corrected chi connectivity index (χ4v) is 2.04. The lowest BCUT2D eigenvalue weighted by Gasteiger charge is -2.16. The third-order valence-electron chi connectivity index (χ3n) is 2.96. The summed E-state index contributed by atoms with van der Waals surface area (Å²) in [5.41, 5.74) is 0.683. The molecule has 0 aliphatic heterocycles. The van der Waals surface area contributed by atoms with Crippen molar-refractivity contribution < 1.29 is 5.11 Å². The van der Waals surface area contributed by atoms with Crippen molar-refractivity contribution in [3.63, 3.8) is 0 Å². The molecule has 0 atom stereocenters. The Morgan fingerprint density at radius 2 is 1.87 bits per heavy atom. The van der Waals surface area contributed by atoms with E-state index in [-0.39, 0.29) is 5.75 Å². The molecule has 0 heterocycles. The van der Waals surface area contributed by atoms with E-state index in [0.29, 0.717) is 11.6 Å². The maximum absolute atomic E-state index is 9.53. The van der Waals surface area contributed by atoms with Crippen LogP contribution in [0.5, 0.6) is 5.75 Å². The van der Waals surface area contributed by atoms with Crippen molar-refractivity contribution in [1.82, 2.24) is 0 Å². The number of aromatic hydroxyl groups is 1. The second-order valence-corrected chi connectivity index (χ2v) is 4.16. The topological polar surface area (TPSA) is 32.6 Å². The highest BCUT2D eigenvalue weighted by Gasteiger charge is 2.10. The molecule has 1 aromatic rings. The van der Waals surface area contributed by atoms with Crippen LogP contribution < -0.4 is 0 Å². The monoisotopic (exact) mass is 203 g/mol. The van der Waals surface area contributed by atoms with Gasteiger partial charge in [0.2, 0.25) is 0 Å². The minimum atomic E-state index is 0.268. The molecule has 2 heteroatoms. The summed E-state index contributed by atoms with van der Waals surface area (Å²) in [6.45, 7) is 0. The van der Waals surface area contributed by atoms with Gasteiger partial charge in [0.05, 0.1) is 0 Å². The Labute approximate surface area is 90.7 Å². The number of para-hydroxylation sites is 2. The number of phenolic OH excluding ortho intramolecular Hbond substituents is 1. The summed E-state index contributed by atoms with van der Waals surface area (Å²) in [4.78, 5) is 4.35. The normalized spacial score (nSPS) is 18.4. The van der Waals surface area contributed by atoms with Crippen molar-refractivity contribution in [2.45, 2.75) is 32.1 Å². The molecule has 0 amide bonds. The molecular weight excluding hydrogens is 186 g/mol. The Balaban J connectivity index is 2.01. The smallest absolute Gasteiger partial charge is 0.141 e. The summed E-state index contributed by atoms with van der Waals surface area (Å²) in [6, 6.07) is 7.23. The average molecular weight is 203 g/mol. The Morgan fingerprint density at radius 1 is 1.13 bits per heavy atom. The third-order valence-corrected chi connectivity index (χ3v) is 2.96. The molecule has 1 aliphatic carbocycles. The highest BCUT2D eigenvalue weighted by Crippen LogP contribution is 2.27. The highest BCUT2D eigenvalue weighted by atomic mass is 16.3. The van der Waals surface area contributed by atoms with E-state index in [4.69, 9.17) is 0 Å². The fourth-order valence-electron chi connectivity index (χ4n) is 2.04. The Hall–Kier alpha value is -1.31. The third kappa shape index (κ3) is 2.82. The van der Waals surface area contributed by atoms with Crippen LogP contribution in [0, 0.1) is 5.92 Å². The standard InChI is InChI=1S/C13H17NO/c15-13-9-5-4-8-12(13)14-10-11-6-2-1-3-7-11/h4-5,8-11,15H,1-3,6-7H2. The molecule has 1 fully saturated rings. The molecule has 1 aromatic carbocycles. The van der Waals surface area contributed by atoms with Gasteiger partial charge in [-0.3, -0.25) is 4.99 Å². The molecule has 0 unspecified atom stereocenters. The molecule has 0 spiro atoms. The summed E-state index contributed by atoms with van der Waals surface area (Å²) in [6.07, 6.45) is 8.50. The van der Waals surface area contributed by atoms with Gasteiger partial charge in [0.25, 0.3) is 0 Å². The molecule has 1 N–H and O–H groups in total. The lowest BCUT2D eigenvalue weighted by molar-refractivity contribution is 0.445. The number of phenols is 1. The number of aliphatic imine (C=N–C) groups is 1. The largest absolute Gasteiger partial charge is 0.506 e. The fraction of sp³-hybridized carbons (Fsp3) is 0.462. The van der Waals surface area contributed by atoms with Crippen molar-refractivity contribution >= 4 is 11.9 Å². The lowest BCUT2D eigenvalue weighted by Crippen LogP contribution is -2.06. The first-order chi connectivity index (χ1) is 7.36. The zero-order valence-corrected chi connectivity index (χ0v) is 8.89. The summed E-state index contributed by atoms with van der Waals surface area (Å²) in [5, 5.41) is 9.53. The minimum Gasteiger partial charge on any atom is -0.506 e. The van der Waals surface area contributed by atoms with Crippen molar-refractivity contribution in [3.05, 3.63) is 24.3 Å². The van der Waals surface area contributed by atoms with Crippen molar-refractivity contribution in [2.24, 2.45) is 10.9 Å². The first kappa shape index (κ1) is 10.2. The molecular formula is C13H17NO. The SMILES string of the molecule is Oc1ccccc1N=CC1CCCCC1. The van der Waals surface area contributed by atoms with E-state index in [1.54, 1.807) is 6.07 Å². The molecule has 0 aromatic heterocycles. The second kappa shape index (κ2) is 4.96. The Bertz CT molecular complexity index is 340. The molecule has 0 saturated heterocycles. The van der Waals surface area contributed by atoms with Gasteiger partial charge in [-0.2, -0.15) is 0 Å². The second-order valence-electron chi connectivity index (χ2n) is 4.16. The first-order valence-corrected chi connectivity index (χ1v) is 5.68. The van der Waals surface area contributed by atoms with Gasteiger partial charge in [0, 0.05) is 6.21 Å². The summed E-state index contributed by atoms with van der Waals surface area (Å²) in [7, 11) is 0. The van der Waals surface area contributed by atoms with E-state index < -0.39 is 0 Å². The van der Waals surface area contributed by atoms with E-state index in [2.05, 4.69) is 4.99 Å².